The number of rotatable bonds is 5. The van der Waals surface area contributed by atoms with Crippen LogP contribution in [0.2, 0.25) is 5.02 Å². The standard InChI is InChI=1S/C12H18ClNO2/c1-3-12(2,16)8-14-7-9-10(13)5-4-6-11(9)15/h4-6,14-16H,3,7-8H2,1-2H3. The van der Waals surface area contributed by atoms with Crippen LogP contribution >= 0.6 is 11.6 Å². The Hall–Kier alpha value is -0.770. The Balaban J connectivity index is 2.56. The SMILES string of the molecule is CCC(C)(O)CNCc1c(O)cccc1Cl. The molecule has 0 heterocycles. The zero-order valence-corrected chi connectivity index (χ0v) is 10.4. The molecule has 1 aromatic rings. The Morgan fingerprint density at radius 1 is 1.44 bits per heavy atom. The molecule has 0 aliphatic rings. The minimum absolute atomic E-state index is 0.177. The van der Waals surface area contributed by atoms with Gasteiger partial charge in [0, 0.05) is 23.7 Å². The van der Waals surface area contributed by atoms with Crippen LogP contribution in [-0.4, -0.2) is 22.4 Å². The van der Waals surface area contributed by atoms with Crippen molar-refractivity contribution in [2.75, 3.05) is 6.54 Å². The van der Waals surface area contributed by atoms with Crippen molar-refractivity contribution in [1.82, 2.24) is 5.32 Å². The number of phenols is 1. The summed E-state index contributed by atoms with van der Waals surface area (Å²) < 4.78 is 0. The van der Waals surface area contributed by atoms with Gasteiger partial charge in [-0.1, -0.05) is 24.6 Å². The molecule has 0 saturated heterocycles. The van der Waals surface area contributed by atoms with Gasteiger partial charge in [0.1, 0.15) is 5.75 Å². The van der Waals surface area contributed by atoms with Gasteiger partial charge in [0.2, 0.25) is 0 Å². The van der Waals surface area contributed by atoms with Crippen molar-refractivity contribution < 1.29 is 10.2 Å². The number of aromatic hydroxyl groups is 1. The van der Waals surface area contributed by atoms with Crippen LogP contribution in [0, 0.1) is 0 Å². The molecule has 3 N–H and O–H groups in total. The van der Waals surface area contributed by atoms with Crippen molar-refractivity contribution in [1.29, 1.82) is 0 Å². The predicted octanol–water partition coefficient (Wildman–Crippen LogP) is 2.30. The summed E-state index contributed by atoms with van der Waals surface area (Å²) in [4.78, 5) is 0. The minimum Gasteiger partial charge on any atom is -0.508 e. The molecule has 0 radical (unpaired) electrons. The molecular weight excluding hydrogens is 226 g/mol. The second-order valence-corrected chi connectivity index (χ2v) is 4.60. The summed E-state index contributed by atoms with van der Waals surface area (Å²) in [6.45, 7) is 4.61. The van der Waals surface area contributed by atoms with Crippen LogP contribution in [0.3, 0.4) is 0 Å². The third kappa shape index (κ3) is 3.67. The number of halogens is 1. The Morgan fingerprint density at radius 2 is 2.12 bits per heavy atom. The van der Waals surface area contributed by atoms with E-state index in [1.807, 2.05) is 6.92 Å². The average Bonchev–Trinajstić information content (AvgIpc) is 2.22. The van der Waals surface area contributed by atoms with Gasteiger partial charge in [-0.2, -0.15) is 0 Å². The molecule has 0 fully saturated rings. The lowest BCUT2D eigenvalue weighted by molar-refractivity contribution is 0.0555. The third-order valence-electron chi connectivity index (χ3n) is 2.66. The van der Waals surface area contributed by atoms with Gasteiger partial charge in [-0.15, -0.1) is 0 Å². The molecule has 3 nitrogen and oxygen atoms in total. The van der Waals surface area contributed by atoms with Crippen molar-refractivity contribution >= 4 is 11.6 Å². The van der Waals surface area contributed by atoms with E-state index in [1.165, 1.54) is 0 Å². The summed E-state index contributed by atoms with van der Waals surface area (Å²) in [5, 5.41) is 23.0. The Morgan fingerprint density at radius 3 is 2.69 bits per heavy atom. The monoisotopic (exact) mass is 243 g/mol. The molecule has 0 spiro atoms. The zero-order valence-electron chi connectivity index (χ0n) is 9.63. The summed E-state index contributed by atoms with van der Waals surface area (Å²) in [6.07, 6.45) is 0.675. The molecular formula is C12H18ClNO2. The molecule has 0 aromatic heterocycles. The number of phenolic OH excluding ortho intramolecular Hbond substituents is 1. The Kier molecular flexibility index (Phi) is 4.59. The van der Waals surface area contributed by atoms with E-state index in [0.29, 0.717) is 30.1 Å². The molecule has 0 amide bonds. The smallest absolute Gasteiger partial charge is 0.121 e. The van der Waals surface area contributed by atoms with E-state index in [0.717, 1.165) is 0 Å². The maximum Gasteiger partial charge on any atom is 0.121 e. The fourth-order valence-electron chi connectivity index (χ4n) is 1.30. The van der Waals surface area contributed by atoms with Gasteiger partial charge in [-0.3, -0.25) is 0 Å². The van der Waals surface area contributed by atoms with Gasteiger partial charge in [0.05, 0.1) is 5.60 Å². The lowest BCUT2D eigenvalue weighted by Gasteiger charge is -2.22. The normalized spacial score (nSPS) is 14.8. The first-order valence-corrected chi connectivity index (χ1v) is 5.73. The molecule has 1 unspecified atom stereocenters. The van der Waals surface area contributed by atoms with Crippen LogP contribution in [0.5, 0.6) is 5.75 Å². The second-order valence-electron chi connectivity index (χ2n) is 4.19. The molecule has 0 saturated carbocycles. The highest BCUT2D eigenvalue weighted by Crippen LogP contribution is 2.24. The number of nitrogens with one attached hydrogen (secondary N) is 1. The summed E-state index contributed by atoms with van der Waals surface area (Å²) in [6, 6.07) is 5.03. The molecule has 1 rings (SSSR count). The van der Waals surface area contributed by atoms with E-state index in [1.54, 1.807) is 25.1 Å². The van der Waals surface area contributed by atoms with Crippen LogP contribution in [0.4, 0.5) is 0 Å². The van der Waals surface area contributed by atoms with E-state index in [9.17, 15) is 10.2 Å². The largest absolute Gasteiger partial charge is 0.508 e. The Bertz CT molecular complexity index is 333. The quantitative estimate of drug-likeness (QED) is 0.744. The molecule has 90 valence electrons. The fourth-order valence-corrected chi connectivity index (χ4v) is 1.54. The van der Waals surface area contributed by atoms with Gasteiger partial charge < -0.3 is 15.5 Å². The molecule has 1 aromatic carbocycles. The van der Waals surface area contributed by atoms with Crippen molar-refractivity contribution in [3.8, 4) is 5.75 Å². The second kappa shape index (κ2) is 5.53. The van der Waals surface area contributed by atoms with Crippen molar-refractivity contribution in [2.24, 2.45) is 0 Å². The highest BCUT2D eigenvalue weighted by molar-refractivity contribution is 6.31. The summed E-state index contributed by atoms with van der Waals surface area (Å²) in [5.74, 6) is 0.177. The lowest BCUT2D eigenvalue weighted by Crippen LogP contribution is -2.36. The van der Waals surface area contributed by atoms with Gasteiger partial charge in [-0.25, -0.2) is 0 Å². The topological polar surface area (TPSA) is 52.5 Å². The van der Waals surface area contributed by atoms with Crippen LogP contribution in [0.15, 0.2) is 18.2 Å². The molecule has 0 bridgehead atoms. The van der Waals surface area contributed by atoms with Gasteiger partial charge >= 0.3 is 0 Å². The minimum atomic E-state index is -0.725. The maximum atomic E-state index is 9.78. The molecule has 16 heavy (non-hydrogen) atoms. The maximum absolute atomic E-state index is 9.78. The molecule has 0 aliphatic carbocycles. The van der Waals surface area contributed by atoms with Crippen LogP contribution in [0.25, 0.3) is 0 Å². The first kappa shape index (κ1) is 13.3. The van der Waals surface area contributed by atoms with Crippen molar-refractivity contribution in [2.45, 2.75) is 32.4 Å². The fraction of sp³-hybridized carbons (Fsp3) is 0.500. The van der Waals surface area contributed by atoms with Crippen LogP contribution in [0.1, 0.15) is 25.8 Å². The zero-order chi connectivity index (χ0) is 12.2. The number of hydrogen-bond acceptors (Lipinski definition) is 3. The van der Waals surface area contributed by atoms with E-state index in [2.05, 4.69) is 5.32 Å². The summed E-state index contributed by atoms with van der Waals surface area (Å²) in [7, 11) is 0. The average molecular weight is 244 g/mol. The summed E-state index contributed by atoms with van der Waals surface area (Å²) in [5.41, 5.74) is -0.0623. The van der Waals surface area contributed by atoms with Gasteiger partial charge in [0.15, 0.2) is 0 Å². The van der Waals surface area contributed by atoms with Crippen LogP contribution in [-0.2, 0) is 6.54 Å². The highest BCUT2D eigenvalue weighted by atomic mass is 35.5. The van der Waals surface area contributed by atoms with Crippen molar-refractivity contribution in [3.05, 3.63) is 28.8 Å². The van der Waals surface area contributed by atoms with Crippen LogP contribution < -0.4 is 5.32 Å². The molecule has 0 aliphatic heterocycles. The highest BCUT2D eigenvalue weighted by Gasteiger charge is 2.17. The number of aliphatic hydroxyl groups is 1. The third-order valence-corrected chi connectivity index (χ3v) is 3.02. The lowest BCUT2D eigenvalue weighted by atomic mass is 10.0. The molecule has 4 heteroatoms. The van der Waals surface area contributed by atoms with Gasteiger partial charge in [0.25, 0.3) is 0 Å². The molecule has 1 atom stereocenters. The van der Waals surface area contributed by atoms with E-state index < -0.39 is 5.60 Å². The van der Waals surface area contributed by atoms with Crippen molar-refractivity contribution in [3.63, 3.8) is 0 Å². The first-order valence-electron chi connectivity index (χ1n) is 5.36. The predicted molar refractivity (Wildman–Crippen MR) is 65.7 cm³/mol. The van der Waals surface area contributed by atoms with E-state index in [-0.39, 0.29) is 5.75 Å². The summed E-state index contributed by atoms with van der Waals surface area (Å²) >= 11 is 5.95. The van der Waals surface area contributed by atoms with E-state index >= 15 is 0 Å². The number of benzene rings is 1. The van der Waals surface area contributed by atoms with Gasteiger partial charge in [-0.05, 0) is 25.5 Å². The number of hydrogen-bond donors (Lipinski definition) is 3. The Labute approximate surface area is 101 Å². The van der Waals surface area contributed by atoms with E-state index in [4.69, 9.17) is 11.6 Å². The first-order chi connectivity index (χ1) is 7.46.